The van der Waals surface area contributed by atoms with Gasteiger partial charge in [-0.15, -0.1) is 0 Å². The van der Waals surface area contributed by atoms with Crippen LogP contribution >= 0.6 is 21.5 Å². The molecule has 8 heteroatoms. The Balaban J connectivity index is 1.99. The van der Waals surface area contributed by atoms with E-state index >= 15 is 0 Å². The van der Waals surface area contributed by atoms with E-state index < -0.39 is 17.0 Å². The van der Waals surface area contributed by atoms with E-state index in [1.165, 1.54) is 21.4 Å². The van der Waals surface area contributed by atoms with Crippen LogP contribution in [0.4, 0.5) is 18.9 Å². The van der Waals surface area contributed by atoms with E-state index in [0.717, 1.165) is 6.07 Å². The molecule has 0 amide bonds. The largest absolute Gasteiger partial charge is 0.492 e. The molecule has 0 saturated heterocycles. The zero-order valence-electron chi connectivity index (χ0n) is 13.5. The van der Waals surface area contributed by atoms with E-state index in [9.17, 15) is 13.2 Å². The van der Waals surface area contributed by atoms with Crippen molar-refractivity contribution in [3.8, 4) is 5.75 Å². The van der Waals surface area contributed by atoms with Crippen molar-refractivity contribution in [3.63, 3.8) is 0 Å². The zero-order chi connectivity index (χ0) is 18.4. The molecule has 2 aromatic rings. The highest BCUT2D eigenvalue weighted by atomic mass is 32.1. The summed E-state index contributed by atoms with van der Waals surface area (Å²) in [5.74, 6) is -0.0722. The number of benzene rings is 2. The molecule has 2 N–H and O–H groups in total. The van der Waals surface area contributed by atoms with Crippen molar-refractivity contribution < 1.29 is 17.9 Å². The Hall–Kier alpha value is -1.85. The van der Waals surface area contributed by atoms with Crippen molar-refractivity contribution in [1.82, 2.24) is 5.32 Å². The lowest BCUT2D eigenvalue weighted by Gasteiger charge is -2.15. The first-order valence-electron chi connectivity index (χ1n) is 7.53. The highest BCUT2D eigenvalue weighted by Gasteiger charge is 2.25. The monoisotopic (exact) mass is 386 g/mol. The van der Waals surface area contributed by atoms with Crippen LogP contribution in [0.2, 0.25) is 0 Å². The van der Waals surface area contributed by atoms with Gasteiger partial charge in [-0.2, -0.15) is 8.78 Å². The van der Waals surface area contributed by atoms with Crippen LogP contribution in [-0.4, -0.2) is 11.7 Å². The maximum atomic E-state index is 14.0. The van der Waals surface area contributed by atoms with Crippen LogP contribution in [0.25, 0.3) is 0 Å². The van der Waals surface area contributed by atoms with Crippen molar-refractivity contribution in [1.29, 1.82) is 0 Å². The van der Waals surface area contributed by atoms with Crippen LogP contribution in [0.3, 0.4) is 0 Å². The molecule has 1 unspecified atom stereocenters. The molecule has 0 aliphatic heterocycles. The van der Waals surface area contributed by atoms with Crippen LogP contribution in [0.15, 0.2) is 42.5 Å². The van der Waals surface area contributed by atoms with Crippen LogP contribution in [0, 0.1) is 5.82 Å². The Morgan fingerprint density at radius 2 is 1.96 bits per heavy atom. The molecule has 3 nitrogen and oxygen atoms in total. The second-order valence-electron chi connectivity index (χ2n) is 5.17. The topological polar surface area (TPSA) is 33.3 Å². The van der Waals surface area contributed by atoms with Gasteiger partial charge in [0.1, 0.15) is 11.6 Å². The third-order valence-corrected chi connectivity index (χ3v) is 3.89. The number of para-hydroxylation sites is 2. The molecule has 0 spiro atoms. The molecule has 0 fully saturated rings. The molecule has 0 heterocycles. The third kappa shape index (κ3) is 5.58. The minimum atomic E-state index is -3.16. The summed E-state index contributed by atoms with van der Waals surface area (Å²) in [6.07, 6.45) is 0. The Labute approximate surface area is 152 Å². The second kappa shape index (κ2) is 8.50. The summed E-state index contributed by atoms with van der Waals surface area (Å²) >= 11 is 5.18. The number of nitrogens with one attached hydrogen (secondary N) is 2. The van der Waals surface area contributed by atoms with Crippen molar-refractivity contribution in [2.75, 3.05) is 11.9 Å². The zero-order valence-corrected chi connectivity index (χ0v) is 15.5. The molecule has 0 aromatic heterocycles. The number of hydrogen-bond donors (Lipinski definition) is 2. The summed E-state index contributed by atoms with van der Waals surface area (Å²) in [5.41, 5.74) is -2.64. The molecule has 0 aliphatic carbocycles. The Morgan fingerprint density at radius 3 is 2.60 bits per heavy atom. The molecular weight excluding hydrogens is 368 g/mol. The number of halogens is 3. The number of hydrogen-bond acceptors (Lipinski definition) is 2. The Morgan fingerprint density at radius 1 is 1.24 bits per heavy atom. The SMILES string of the molecule is CCOc1ccccc1NC(=S)NCc1ccc(C(F)(F)P)cc1F. The van der Waals surface area contributed by atoms with Gasteiger partial charge in [-0.3, -0.25) is 0 Å². The predicted molar refractivity (Wildman–Crippen MR) is 101 cm³/mol. The molecule has 1 atom stereocenters. The minimum Gasteiger partial charge on any atom is -0.492 e. The fraction of sp³-hybridized carbons (Fsp3) is 0.235. The van der Waals surface area contributed by atoms with Crippen LogP contribution in [-0.2, 0) is 12.2 Å². The Kier molecular flexibility index (Phi) is 6.62. The molecule has 25 heavy (non-hydrogen) atoms. The highest BCUT2D eigenvalue weighted by Crippen LogP contribution is 2.35. The first kappa shape index (κ1) is 19.5. The van der Waals surface area contributed by atoms with Gasteiger partial charge in [0.15, 0.2) is 5.11 Å². The lowest BCUT2D eigenvalue weighted by atomic mass is 10.1. The molecule has 2 aromatic carbocycles. The number of thiocarbonyl (C=S) groups is 1. The standard InChI is InChI=1S/C17H18F3N2OPS/c1-2-23-15-6-4-3-5-14(15)22-16(25)21-10-11-7-8-12(9-13(11)18)17(19,20)24/h3-9H,2,10,24H2,1H3,(H2,21,22,25). The van der Waals surface area contributed by atoms with Crippen molar-refractivity contribution in [2.45, 2.75) is 19.1 Å². The lowest BCUT2D eigenvalue weighted by molar-refractivity contribution is 0.103. The van der Waals surface area contributed by atoms with Crippen molar-refractivity contribution in [3.05, 3.63) is 59.4 Å². The summed E-state index contributed by atoms with van der Waals surface area (Å²) in [6.45, 7) is 2.45. The normalized spacial score (nSPS) is 11.1. The lowest BCUT2D eigenvalue weighted by Crippen LogP contribution is -2.28. The number of anilines is 1. The van der Waals surface area contributed by atoms with Gasteiger partial charge in [-0.1, -0.05) is 33.5 Å². The first-order chi connectivity index (χ1) is 11.8. The molecule has 0 aliphatic rings. The van der Waals surface area contributed by atoms with E-state index in [1.807, 2.05) is 19.1 Å². The first-order valence-corrected chi connectivity index (χ1v) is 8.52. The van der Waals surface area contributed by atoms with E-state index in [1.54, 1.807) is 12.1 Å². The van der Waals surface area contributed by atoms with E-state index in [4.69, 9.17) is 17.0 Å². The quantitative estimate of drug-likeness (QED) is 0.560. The summed E-state index contributed by atoms with van der Waals surface area (Å²) in [5, 5.41) is 6.09. The maximum Gasteiger partial charge on any atom is 0.283 e. The third-order valence-electron chi connectivity index (χ3n) is 3.31. The van der Waals surface area contributed by atoms with Gasteiger partial charge >= 0.3 is 0 Å². The minimum absolute atomic E-state index is 0.0666. The number of ether oxygens (including phenoxy) is 1. The van der Waals surface area contributed by atoms with Gasteiger partial charge in [-0.25, -0.2) is 4.39 Å². The summed E-state index contributed by atoms with van der Waals surface area (Å²) in [6, 6.07) is 10.6. The average molecular weight is 386 g/mol. The molecule has 0 saturated carbocycles. The van der Waals surface area contributed by atoms with E-state index in [2.05, 4.69) is 10.6 Å². The highest BCUT2D eigenvalue weighted by molar-refractivity contribution is 7.80. The van der Waals surface area contributed by atoms with Gasteiger partial charge in [0, 0.05) is 17.7 Å². The summed E-state index contributed by atoms with van der Waals surface area (Å²) < 4.78 is 45.8. The number of alkyl halides is 2. The van der Waals surface area contributed by atoms with Crippen molar-refractivity contribution >= 4 is 32.3 Å². The van der Waals surface area contributed by atoms with Crippen molar-refractivity contribution in [2.24, 2.45) is 0 Å². The Bertz CT molecular complexity index is 753. The molecule has 0 bridgehead atoms. The fourth-order valence-corrected chi connectivity index (χ4v) is 2.45. The van der Waals surface area contributed by atoms with Gasteiger partial charge in [0.05, 0.1) is 12.3 Å². The van der Waals surface area contributed by atoms with E-state index in [0.29, 0.717) is 18.0 Å². The molecule has 134 valence electrons. The summed E-state index contributed by atoms with van der Waals surface area (Å²) in [7, 11) is 1.39. The van der Waals surface area contributed by atoms with Gasteiger partial charge in [0.2, 0.25) is 0 Å². The van der Waals surface area contributed by atoms with Gasteiger partial charge < -0.3 is 15.4 Å². The molecule has 0 radical (unpaired) electrons. The van der Waals surface area contributed by atoms with E-state index in [-0.39, 0.29) is 17.2 Å². The predicted octanol–water partition coefficient (Wildman–Crippen LogP) is 4.64. The van der Waals surface area contributed by atoms with Crippen LogP contribution in [0.5, 0.6) is 5.75 Å². The number of rotatable bonds is 6. The van der Waals surface area contributed by atoms with Crippen LogP contribution < -0.4 is 15.4 Å². The van der Waals surface area contributed by atoms with Gasteiger partial charge in [0.25, 0.3) is 5.66 Å². The fourth-order valence-electron chi connectivity index (χ4n) is 2.09. The van der Waals surface area contributed by atoms with Crippen LogP contribution in [0.1, 0.15) is 18.1 Å². The summed E-state index contributed by atoms with van der Waals surface area (Å²) in [4.78, 5) is 0. The van der Waals surface area contributed by atoms with Gasteiger partial charge in [-0.05, 0) is 37.3 Å². The second-order valence-corrected chi connectivity index (χ2v) is 6.30. The molecule has 2 rings (SSSR count). The molecular formula is C17H18F3N2OPS. The maximum absolute atomic E-state index is 14.0. The smallest absolute Gasteiger partial charge is 0.283 e. The average Bonchev–Trinajstić information content (AvgIpc) is 2.55.